The maximum Gasteiger partial charge on any atom is 0.270 e. The molecule has 2 N–H and O–H groups in total. The van der Waals surface area contributed by atoms with Gasteiger partial charge in [0.25, 0.3) is 5.91 Å². The summed E-state index contributed by atoms with van der Waals surface area (Å²) < 4.78 is 94.1. The van der Waals surface area contributed by atoms with E-state index in [4.69, 9.17) is 6.85 Å². The molecule has 2 saturated carbocycles. The van der Waals surface area contributed by atoms with Crippen LogP contribution in [0.4, 0.5) is 17.6 Å². The molecule has 0 aliphatic heterocycles. The number of fused-ring (bicyclic) bond motifs is 1. The fourth-order valence-electron chi connectivity index (χ4n) is 5.23. The smallest absolute Gasteiger partial charge is 0.270 e. The number of halogens is 4. The van der Waals surface area contributed by atoms with E-state index in [0.29, 0.717) is 15.9 Å². The van der Waals surface area contributed by atoms with Crippen molar-refractivity contribution in [2.45, 2.75) is 89.1 Å². The van der Waals surface area contributed by atoms with E-state index in [1.807, 2.05) is 0 Å². The molecule has 40 heavy (non-hydrogen) atoms. The topological polar surface area (TPSA) is 106 Å². The third-order valence-corrected chi connectivity index (χ3v) is 7.54. The molecule has 0 aromatic carbocycles. The molecule has 0 bridgehead atoms. The van der Waals surface area contributed by atoms with Crippen LogP contribution in [0.25, 0.3) is 5.65 Å². The summed E-state index contributed by atoms with van der Waals surface area (Å²) in [5.74, 6) is -4.60. The molecule has 2 aliphatic carbocycles. The number of carbonyl (C=O) groups excluding carboxylic acids is 2. The van der Waals surface area contributed by atoms with Crippen molar-refractivity contribution < 1.29 is 34.0 Å². The van der Waals surface area contributed by atoms with Gasteiger partial charge in [-0.25, -0.2) is 27.1 Å². The summed E-state index contributed by atoms with van der Waals surface area (Å²) in [5.41, 5.74) is 0.860. The number of nitrogens with one attached hydrogen (secondary N) is 2. The van der Waals surface area contributed by atoms with Crippen LogP contribution in [0.1, 0.15) is 98.9 Å². The molecule has 0 saturated heterocycles. The van der Waals surface area contributed by atoms with Crippen LogP contribution in [-0.4, -0.2) is 48.5 Å². The summed E-state index contributed by atoms with van der Waals surface area (Å²) >= 11 is 0. The molecule has 5 rings (SSSR count). The van der Waals surface area contributed by atoms with E-state index in [2.05, 4.69) is 25.8 Å². The van der Waals surface area contributed by atoms with Gasteiger partial charge in [0.2, 0.25) is 18.3 Å². The number of carbonyl (C=O) groups is 2. The van der Waals surface area contributed by atoms with Gasteiger partial charge < -0.3 is 10.6 Å². The van der Waals surface area contributed by atoms with Crippen molar-refractivity contribution in [2.75, 3.05) is 0 Å². The fraction of sp³-hybridized carbons (Fsp3) is 0.593. The Kier molecular flexibility index (Phi) is 6.41. The molecule has 3 aromatic heterocycles. The largest absolute Gasteiger partial charge is 0.349 e. The standard InChI is InChI=1S/C27H33F4N7O2/c1-2-37-20(9-12-32-37)26(40)36-25(17-7-10-27(30,31)11-8-17)19-15-38-22(34-19)13-18(14-33-38)24(16-3-4-16)35-23(39)6-5-21(28)29/h9,12-17,21,24-25H,2-8,10-11H2,1H3,(H,35,39)(H,36,40)/t24-,25+/m1/s1/i1D3,2D2. The number of hydrogen-bond acceptors (Lipinski definition) is 5. The molecule has 0 radical (unpaired) electrons. The number of aromatic nitrogens is 5. The molecular formula is C27H33F4N7O2. The first-order valence-corrected chi connectivity index (χ1v) is 13.2. The summed E-state index contributed by atoms with van der Waals surface area (Å²) in [7, 11) is 0. The van der Waals surface area contributed by atoms with Gasteiger partial charge in [-0.2, -0.15) is 10.2 Å². The number of aryl methyl sites for hydroxylation is 1. The van der Waals surface area contributed by atoms with Gasteiger partial charge >= 0.3 is 0 Å². The monoisotopic (exact) mass is 568 g/mol. The lowest BCUT2D eigenvalue weighted by molar-refractivity contribution is -0.122. The predicted octanol–water partition coefficient (Wildman–Crippen LogP) is 4.85. The molecule has 3 heterocycles. The van der Waals surface area contributed by atoms with Gasteiger partial charge in [0.05, 0.1) is 32.9 Å². The van der Waals surface area contributed by atoms with Gasteiger partial charge in [-0.15, -0.1) is 0 Å². The Morgan fingerprint density at radius 3 is 2.60 bits per heavy atom. The van der Waals surface area contributed by atoms with Crippen molar-refractivity contribution in [2.24, 2.45) is 11.8 Å². The first-order chi connectivity index (χ1) is 21.1. The first-order valence-electron chi connectivity index (χ1n) is 15.7. The second-order valence-corrected chi connectivity index (χ2v) is 10.5. The maximum atomic E-state index is 14.1. The van der Waals surface area contributed by atoms with E-state index in [1.54, 1.807) is 6.07 Å². The van der Waals surface area contributed by atoms with E-state index in [9.17, 15) is 27.2 Å². The summed E-state index contributed by atoms with van der Waals surface area (Å²) in [6, 6.07) is 1.46. The molecule has 2 amide bonds. The van der Waals surface area contributed by atoms with Crippen LogP contribution in [0.5, 0.6) is 0 Å². The molecule has 2 fully saturated rings. The minimum absolute atomic E-state index is 0.0499. The Balaban J connectivity index is 1.43. The highest BCUT2D eigenvalue weighted by atomic mass is 19.3. The van der Waals surface area contributed by atoms with E-state index in [0.717, 1.165) is 25.1 Å². The highest BCUT2D eigenvalue weighted by molar-refractivity contribution is 5.92. The van der Waals surface area contributed by atoms with Crippen molar-refractivity contribution in [3.05, 3.63) is 47.7 Å². The Morgan fingerprint density at radius 1 is 1.15 bits per heavy atom. The van der Waals surface area contributed by atoms with Crippen LogP contribution in [0, 0.1) is 11.8 Å². The van der Waals surface area contributed by atoms with E-state index < -0.39 is 74.8 Å². The van der Waals surface area contributed by atoms with E-state index >= 15 is 0 Å². The van der Waals surface area contributed by atoms with Crippen LogP contribution in [0.3, 0.4) is 0 Å². The van der Waals surface area contributed by atoms with E-state index in [-0.39, 0.29) is 36.6 Å². The number of nitrogens with zero attached hydrogens (tertiary/aromatic N) is 5. The molecule has 0 spiro atoms. The zero-order valence-electron chi connectivity index (χ0n) is 26.5. The highest BCUT2D eigenvalue weighted by Crippen LogP contribution is 2.42. The quantitative estimate of drug-likeness (QED) is 0.322. The summed E-state index contributed by atoms with van der Waals surface area (Å²) in [6.45, 7) is -6.16. The molecular weight excluding hydrogens is 530 g/mol. The van der Waals surface area contributed by atoms with Gasteiger partial charge in [0.15, 0.2) is 5.65 Å². The Hall–Kier alpha value is -3.51. The molecule has 2 atom stereocenters. The van der Waals surface area contributed by atoms with Gasteiger partial charge in [0.1, 0.15) is 5.69 Å². The van der Waals surface area contributed by atoms with Crippen molar-refractivity contribution in [3.8, 4) is 0 Å². The molecule has 9 nitrogen and oxygen atoms in total. The van der Waals surface area contributed by atoms with Gasteiger partial charge in [-0.05, 0) is 62.1 Å². The number of imidazole rings is 1. The zero-order valence-corrected chi connectivity index (χ0v) is 21.5. The lowest BCUT2D eigenvalue weighted by Gasteiger charge is -2.33. The predicted molar refractivity (Wildman–Crippen MR) is 137 cm³/mol. The number of hydrogen-bond donors (Lipinski definition) is 2. The lowest BCUT2D eigenvalue weighted by Crippen LogP contribution is -2.38. The van der Waals surface area contributed by atoms with Crippen LogP contribution >= 0.6 is 0 Å². The first kappa shape index (κ1) is 22.2. The van der Waals surface area contributed by atoms with Crippen LogP contribution in [0.15, 0.2) is 30.7 Å². The molecule has 0 unspecified atom stereocenters. The Bertz CT molecular complexity index is 1530. The SMILES string of the molecule is [2H]C([2H])([2H])C([2H])([2H])n1nccc1C(=O)N[C@H](c1cn2ncc([C@H](NC(=O)CCC(F)F)C3CC3)cc2n1)C1CCC(F)(F)CC1. The van der Waals surface area contributed by atoms with E-state index in [1.165, 1.54) is 16.9 Å². The zero-order chi connectivity index (χ0) is 32.7. The van der Waals surface area contributed by atoms with Gasteiger partial charge in [0, 0.05) is 42.5 Å². The molecule has 13 heteroatoms. The Labute approximate surface area is 235 Å². The van der Waals surface area contributed by atoms with Crippen LogP contribution in [-0.2, 0) is 11.3 Å². The summed E-state index contributed by atoms with van der Waals surface area (Å²) in [6.07, 6.45) is 1.64. The molecule has 216 valence electrons. The summed E-state index contributed by atoms with van der Waals surface area (Å²) in [4.78, 5) is 30.5. The second-order valence-electron chi connectivity index (χ2n) is 10.5. The molecule has 3 aromatic rings. The third kappa shape index (κ3) is 6.44. The average molecular weight is 569 g/mol. The minimum atomic E-state index is -3.14. The second kappa shape index (κ2) is 11.5. The lowest BCUT2D eigenvalue weighted by atomic mass is 9.81. The number of amides is 2. The van der Waals surface area contributed by atoms with Crippen LogP contribution in [0.2, 0.25) is 0 Å². The number of rotatable bonds is 11. The highest BCUT2D eigenvalue weighted by Gasteiger charge is 2.40. The molecule has 2 aliphatic rings. The summed E-state index contributed by atoms with van der Waals surface area (Å²) in [5, 5.41) is 13.7. The van der Waals surface area contributed by atoms with Gasteiger partial charge in [-0.1, -0.05) is 0 Å². The van der Waals surface area contributed by atoms with Crippen molar-refractivity contribution in [3.63, 3.8) is 0 Å². The maximum absolute atomic E-state index is 14.1. The Morgan fingerprint density at radius 2 is 1.90 bits per heavy atom. The van der Waals surface area contributed by atoms with Crippen LogP contribution < -0.4 is 10.6 Å². The van der Waals surface area contributed by atoms with Crippen molar-refractivity contribution in [1.82, 2.24) is 35.0 Å². The van der Waals surface area contributed by atoms with Crippen molar-refractivity contribution in [1.29, 1.82) is 0 Å². The third-order valence-electron chi connectivity index (χ3n) is 7.54. The van der Waals surface area contributed by atoms with Gasteiger partial charge in [-0.3, -0.25) is 14.3 Å². The number of alkyl halides is 4. The van der Waals surface area contributed by atoms with Crippen molar-refractivity contribution >= 4 is 17.5 Å². The normalized spacial score (nSPS) is 21.6. The fourth-order valence-corrected chi connectivity index (χ4v) is 5.23. The minimum Gasteiger partial charge on any atom is -0.349 e. The average Bonchev–Trinajstić information content (AvgIpc) is 3.50.